The van der Waals surface area contributed by atoms with Crippen LogP contribution >= 0.6 is 0 Å². The molecule has 0 saturated carbocycles. The second kappa shape index (κ2) is 7.64. The molecule has 4 aromatic rings. The molecule has 0 unspecified atom stereocenters. The minimum Gasteiger partial charge on any atom is -0.357 e. The number of rotatable bonds is 6. The summed E-state index contributed by atoms with van der Waals surface area (Å²) >= 11 is 0. The number of hydrogen-bond donors (Lipinski definition) is 2. The van der Waals surface area contributed by atoms with Crippen LogP contribution in [-0.4, -0.2) is 32.0 Å². The minimum absolute atomic E-state index is 0.162. The highest BCUT2D eigenvalue weighted by molar-refractivity contribution is 5.93. The lowest BCUT2D eigenvalue weighted by Crippen LogP contribution is -2.25. The van der Waals surface area contributed by atoms with Crippen molar-refractivity contribution < 1.29 is 9.18 Å². The number of H-pyrrole nitrogens is 1. The van der Waals surface area contributed by atoms with Crippen LogP contribution in [-0.2, 0) is 6.42 Å². The van der Waals surface area contributed by atoms with Gasteiger partial charge >= 0.3 is 0 Å². The Morgan fingerprint density at radius 2 is 2.04 bits per heavy atom. The SMILES string of the molecule is Cc1cc2ncc(CCCNC(=O)c3cc(-c4ccc(F)cc4)c[nH]3)cn2n1. The predicted octanol–water partition coefficient (Wildman–Crippen LogP) is 3.53. The van der Waals surface area contributed by atoms with E-state index in [9.17, 15) is 9.18 Å². The first-order valence-electron chi connectivity index (χ1n) is 9.12. The second-order valence-electron chi connectivity index (χ2n) is 6.72. The number of amides is 1. The average Bonchev–Trinajstić information content (AvgIpc) is 3.31. The Morgan fingerprint density at radius 3 is 2.86 bits per heavy atom. The molecule has 3 aromatic heterocycles. The van der Waals surface area contributed by atoms with E-state index < -0.39 is 0 Å². The molecule has 1 amide bonds. The number of carbonyl (C=O) groups excluding carboxylic acids is 1. The van der Waals surface area contributed by atoms with Gasteiger partial charge in [-0.1, -0.05) is 12.1 Å². The third-order valence-corrected chi connectivity index (χ3v) is 4.52. The molecule has 0 radical (unpaired) electrons. The topological polar surface area (TPSA) is 75.1 Å². The van der Waals surface area contributed by atoms with Crippen LogP contribution in [0.1, 0.15) is 28.2 Å². The molecule has 4 rings (SSSR count). The zero-order valence-corrected chi connectivity index (χ0v) is 15.4. The standard InChI is InChI=1S/C21H20FN5O/c1-14-9-20-25-11-15(13-27(20)26-14)3-2-8-23-21(28)19-10-17(12-24-19)16-4-6-18(22)7-5-16/h4-7,9-13,24H,2-3,8H2,1H3,(H,23,28). The van der Waals surface area contributed by atoms with Crippen molar-refractivity contribution in [3.05, 3.63) is 77.8 Å². The Kier molecular flexibility index (Phi) is 4.89. The molecule has 0 saturated heterocycles. The molecule has 0 aliphatic rings. The zero-order chi connectivity index (χ0) is 19.5. The van der Waals surface area contributed by atoms with Crippen molar-refractivity contribution in [2.45, 2.75) is 19.8 Å². The van der Waals surface area contributed by atoms with Gasteiger partial charge in [0.15, 0.2) is 5.65 Å². The lowest BCUT2D eigenvalue weighted by molar-refractivity contribution is 0.0949. The smallest absolute Gasteiger partial charge is 0.267 e. The molecular formula is C21H20FN5O. The molecule has 0 aliphatic heterocycles. The quantitative estimate of drug-likeness (QED) is 0.505. The molecule has 1 aromatic carbocycles. The van der Waals surface area contributed by atoms with Crippen LogP contribution in [0.3, 0.4) is 0 Å². The van der Waals surface area contributed by atoms with Crippen molar-refractivity contribution in [1.82, 2.24) is 24.9 Å². The van der Waals surface area contributed by atoms with E-state index in [1.165, 1.54) is 12.1 Å². The van der Waals surface area contributed by atoms with Crippen LogP contribution in [0, 0.1) is 12.7 Å². The third-order valence-electron chi connectivity index (χ3n) is 4.52. The lowest BCUT2D eigenvalue weighted by atomic mass is 10.1. The molecule has 0 atom stereocenters. The van der Waals surface area contributed by atoms with Gasteiger partial charge in [-0.15, -0.1) is 0 Å². The number of nitrogens with zero attached hydrogens (tertiary/aromatic N) is 3. The molecule has 3 heterocycles. The Morgan fingerprint density at radius 1 is 1.21 bits per heavy atom. The summed E-state index contributed by atoms with van der Waals surface area (Å²) in [5, 5.41) is 7.27. The van der Waals surface area contributed by atoms with Gasteiger partial charge in [-0.05, 0) is 54.7 Å². The average molecular weight is 377 g/mol. The highest BCUT2D eigenvalue weighted by Crippen LogP contribution is 2.20. The number of aryl methyl sites for hydroxylation is 2. The van der Waals surface area contributed by atoms with Gasteiger partial charge in [0.05, 0.1) is 5.69 Å². The highest BCUT2D eigenvalue weighted by atomic mass is 19.1. The van der Waals surface area contributed by atoms with Crippen molar-refractivity contribution >= 4 is 11.6 Å². The van der Waals surface area contributed by atoms with E-state index in [1.807, 2.05) is 25.4 Å². The summed E-state index contributed by atoms with van der Waals surface area (Å²) in [4.78, 5) is 19.7. The number of nitrogens with one attached hydrogen (secondary N) is 2. The van der Waals surface area contributed by atoms with Gasteiger partial charge in [0.1, 0.15) is 11.5 Å². The van der Waals surface area contributed by atoms with Crippen molar-refractivity contribution in [2.75, 3.05) is 6.54 Å². The molecular weight excluding hydrogens is 357 g/mol. The normalized spacial score (nSPS) is 11.1. The van der Waals surface area contributed by atoms with Crippen LogP contribution in [0.4, 0.5) is 4.39 Å². The molecule has 28 heavy (non-hydrogen) atoms. The summed E-state index contributed by atoms with van der Waals surface area (Å²) < 4.78 is 14.8. The van der Waals surface area contributed by atoms with E-state index in [1.54, 1.807) is 28.9 Å². The van der Waals surface area contributed by atoms with Gasteiger partial charge in [-0.25, -0.2) is 13.9 Å². The first-order chi connectivity index (χ1) is 13.6. The van der Waals surface area contributed by atoms with Crippen molar-refractivity contribution in [3.8, 4) is 11.1 Å². The van der Waals surface area contributed by atoms with Gasteiger partial charge in [0.25, 0.3) is 5.91 Å². The van der Waals surface area contributed by atoms with E-state index in [0.717, 1.165) is 40.9 Å². The third kappa shape index (κ3) is 3.93. The van der Waals surface area contributed by atoms with Crippen LogP contribution < -0.4 is 5.32 Å². The summed E-state index contributed by atoms with van der Waals surface area (Å²) in [6, 6.07) is 9.87. The molecule has 0 fully saturated rings. The van der Waals surface area contributed by atoms with Crippen molar-refractivity contribution in [3.63, 3.8) is 0 Å². The molecule has 7 heteroatoms. The molecule has 0 spiro atoms. The molecule has 0 bridgehead atoms. The van der Waals surface area contributed by atoms with Crippen LogP contribution in [0.25, 0.3) is 16.8 Å². The fourth-order valence-electron chi connectivity index (χ4n) is 3.09. The largest absolute Gasteiger partial charge is 0.357 e. The maximum atomic E-state index is 13.0. The van der Waals surface area contributed by atoms with Crippen LogP contribution in [0.5, 0.6) is 0 Å². The van der Waals surface area contributed by atoms with Crippen molar-refractivity contribution in [2.24, 2.45) is 0 Å². The lowest BCUT2D eigenvalue weighted by Gasteiger charge is -2.04. The summed E-state index contributed by atoms with van der Waals surface area (Å²) in [6.07, 6.45) is 7.16. The van der Waals surface area contributed by atoms with Crippen molar-refractivity contribution in [1.29, 1.82) is 0 Å². The maximum absolute atomic E-state index is 13.0. The molecule has 6 nitrogen and oxygen atoms in total. The predicted molar refractivity (Wildman–Crippen MR) is 105 cm³/mol. The minimum atomic E-state index is -0.283. The summed E-state index contributed by atoms with van der Waals surface area (Å²) in [6.45, 7) is 2.49. The fourth-order valence-corrected chi connectivity index (χ4v) is 3.09. The van der Waals surface area contributed by atoms with E-state index in [0.29, 0.717) is 12.2 Å². The number of hydrogen-bond acceptors (Lipinski definition) is 3. The van der Waals surface area contributed by atoms with Gasteiger partial charge in [-0.3, -0.25) is 4.79 Å². The number of aromatic amines is 1. The molecule has 0 aliphatic carbocycles. The van der Waals surface area contributed by atoms with E-state index in [-0.39, 0.29) is 11.7 Å². The van der Waals surface area contributed by atoms with E-state index in [2.05, 4.69) is 20.4 Å². The molecule has 2 N–H and O–H groups in total. The fraction of sp³-hybridized carbons (Fsp3) is 0.190. The second-order valence-corrected chi connectivity index (χ2v) is 6.72. The Bertz CT molecular complexity index is 1110. The van der Waals surface area contributed by atoms with Crippen LogP contribution in [0.15, 0.2) is 55.0 Å². The number of benzene rings is 1. The van der Waals surface area contributed by atoms with Gasteiger partial charge in [0.2, 0.25) is 0 Å². The Hall–Kier alpha value is -3.48. The first kappa shape index (κ1) is 17.9. The van der Waals surface area contributed by atoms with E-state index >= 15 is 0 Å². The number of carbonyl (C=O) groups is 1. The Balaban J connectivity index is 1.30. The first-order valence-corrected chi connectivity index (χ1v) is 9.12. The van der Waals surface area contributed by atoms with Gasteiger partial charge < -0.3 is 10.3 Å². The highest BCUT2D eigenvalue weighted by Gasteiger charge is 2.09. The van der Waals surface area contributed by atoms with Gasteiger partial charge in [0, 0.05) is 31.2 Å². The number of halogens is 1. The van der Waals surface area contributed by atoms with E-state index in [4.69, 9.17) is 0 Å². The Labute approximate surface area is 161 Å². The number of aromatic nitrogens is 4. The number of fused-ring (bicyclic) bond motifs is 1. The summed E-state index contributed by atoms with van der Waals surface area (Å²) in [7, 11) is 0. The monoisotopic (exact) mass is 377 g/mol. The van der Waals surface area contributed by atoms with Gasteiger partial charge in [-0.2, -0.15) is 5.10 Å². The zero-order valence-electron chi connectivity index (χ0n) is 15.4. The summed E-state index contributed by atoms with van der Waals surface area (Å²) in [5.41, 5.74) is 5.02. The maximum Gasteiger partial charge on any atom is 0.267 e. The molecule has 142 valence electrons. The van der Waals surface area contributed by atoms with Crippen LogP contribution in [0.2, 0.25) is 0 Å². The summed E-state index contributed by atoms with van der Waals surface area (Å²) in [5.74, 6) is -0.445.